The van der Waals surface area contributed by atoms with Crippen LogP contribution in [0.1, 0.15) is 11.3 Å². The van der Waals surface area contributed by atoms with E-state index in [2.05, 4.69) is 25.7 Å². The monoisotopic (exact) mass is 280 g/mol. The molecule has 0 unspecified atom stereocenters. The standard InChI is InChI=1S/C15H16N6/c1-16-9-12-7-8-14(17-10-12)11-21-19-15(18-20-21)13-5-3-2-4-6-13/h2-8,10,16H,9,11H2,1H3. The molecule has 0 saturated carbocycles. The fourth-order valence-electron chi connectivity index (χ4n) is 2.02. The first kappa shape index (κ1) is 13.4. The second-order valence-electron chi connectivity index (χ2n) is 4.70. The van der Waals surface area contributed by atoms with E-state index in [0.717, 1.165) is 23.4 Å². The first-order chi connectivity index (χ1) is 10.3. The predicted molar refractivity (Wildman–Crippen MR) is 79.4 cm³/mol. The van der Waals surface area contributed by atoms with Crippen LogP contribution in [0, 0.1) is 0 Å². The second-order valence-corrected chi connectivity index (χ2v) is 4.70. The smallest absolute Gasteiger partial charge is 0.204 e. The van der Waals surface area contributed by atoms with Crippen molar-refractivity contribution in [3.8, 4) is 11.4 Å². The maximum absolute atomic E-state index is 4.41. The zero-order valence-corrected chi connectivity index (χ0v) is 11.8. The van der Waals surface area contributed by atoms with E-state index in [1.165, 1.54) is 0 Å². The quantitative estimate of drug-likeness (QED) is 0.767. The Morgan fingerprint density at radius 3 is 2.67 bits per heavy atom. The molecule has 0 bridgehead atoms. The van der Waals surface area contributed by atoms with Crippen LogP contribution in [-0.2, 0) is 13.1 Å². The average molecular weight is 280 g/mol. The van der Waals surface area contributed by atoms with Gasteiger partial charge in [-0.2, -0.15) is 4.80 Å². The van der Waals surface area contributed by atoms with Gasteiger partial charge in [-0.05, 0) is 23.9 Å². The molecule has 1 aromatic carbocycles. The molecule has 0 aliphatic heterocycles. The molecule has 3 aromatic rings. The molecular formula is C15H16N6. The van der Waals surface area contributed by atoms with Gasteiger partial charge in [0.1, 0.15) is 6.54 Å². The molecule has 0 radical (unpaired) electrons. The van der Waals surface area contributed by atoms with Crippen molar-refractivity contribution < 1.29 is 0 Å². The molecule has 3 rings (SSSR count). The van der Waals surface area contributed by atoms with Crippen molar-refractivity contribution >= 4 is 0 Å². The molecule has 0 saturated heterocycles. The van der Waals surface area contributed by atoms with Gasteiger partial charge in [0, 0.05) is 18.3 Å². The zero-order chi connectivity index (χ0) is 14.5. The molecule has 2 heterocycles. The van der Waals surface area contributed by atoms with Crippen LogP contribution in [0.2, 0.25) is 0 Å². The lowest BCUT2D eigenvalue weighted by Gasteiger charge is -2.02. The number of nitrogens with one attached hydrogen (secondary N) is 1. The molecule has 2 aromatic heterocycles. The highest BCUT2D eigenvalue weighted by atomic mass is 15.6. The summed E-state index contributed by atoms with van der Waals surface area (Å²) >= 11 is 0. The Morgan fingerprint density at radius 2 is 1.95 bits per heavy atom. The van der Waals surface area contributed by atoms with Crippen LogP contribution >= 0.6 is 0 Å². The highest BCUT2D eigenvalue weighted by molar-refractivity contribution is 5.52. The molecule has 0 amide bonds. The van der Waals surface area contributed by atoms with E-state index in [-0.39, 0.29) is 0 Å². The van der Waals surface area contributed by atoms with Crippen molar-refractivity contribution in [3.63, 3.8) is 0 Å². The second kappa shape index (κ2) is 6.23. The fraction of sp³-hybridized carbons (Fsp3) is 0.200. The van der Waals surface area contributed by atoms with Crippen LogP contribution in [0.15, 0.2) is 48.7 Å². The number of aromatic nitrogens is 5. The Labute approximate surface area is 122 Å². The number of hydrogen-bond donors (Lipinski definition) is 1. The van der Waals surface area contributed by atoms with E-state index in [9.17, 15) is 0 Å². The lowest BCUT2D eigenvalue weighted by molar-refractivity contribution is 0.564. The normalized spacial score (nSPS) is 10.7. The van der Waals surface area contributed by atoms with Gasteiger partial charge in [-0.25, -0.2) is 0 Å². The molecule has 0 atom stereocenters. The van der Waals surface area contributed by atoms with E-state index in [4.69, 9.17) is 0 Å². The minimum Gasteiger partial charge on any atom is -0.316 e. The average Bonchev–Trinajstić information content (AvgIpc) is 2.99. The Morgan fingerprint density at radius 1 is 1.10 bits per heavy atom. The van der Waals surface area contributed by atoms with Crippen molar-refractivity contribution in [2.45, 2.75) is 13.1 Å². The zero-order valence-electron chi connectivity index (χ0n) is 11.8. The maximum Gasteiger partial charge on any atom is 0.204 e. The fourth-order valence-corrected chi connectivity index (χ4v) is 2.02. The number of benzene rings is 1. The Bertz CT molecular complexity index is 690. The van der Waals surface area contributed by atoms with Crippen LogP contribution in [0.5, 0.6) is 0 Å². The summed E-state index contributed by atoms with van der Waals surface area (Å²) in [6, 6.07) is 13.8. The first-order valence-corrected chi connectivity index (χ1v) is 6.77. The van der Waals surface area contributed by atoms with E-state index >= 15 is 0 Å². The predicted octanol–water partition coefficient (Wildman–Crippen LogP) is 1.50. The van der Waals surface area contributed by atoms with Crippen LogP contribution in [0.4, 0.5) is 0 Å². The van der Waals surface area contributed by atoms with Crippen molar-refractivity contribution in [1.82, 2.24) is 30.5 Å². The van der Waals surface area contributed by atoms with Crippen LogP contribution in [0.25, 0.3) is 11.4 Å². The number of tetrazole rings is 1. The number of hydrogen-bond acceptors (Lipinski definition) is 5. The Hall–Kier alpha value is -2.60. The molecule has 0 aliphatic rings. The van der Waals surface area contributed by atoms with E-state index in [1.807, 2.05) is 55.7 Å². The van der Waals surface area contributed by atoms with Gasteiger partial charge in [0.15, 0.2) is 0 Å². The summed E-state index contributed by atoms with van der Waals surface area (Å²) < 4.78 is 0. The van der Waals surface area contributed by atoms with E-state index in [1.54, 1.807) is 4.80 Å². The van der Waals surface area contributed by atoms with Gasteiger partial charge >= 0.3 is 0 Å². The van der Waals surface area contributed by atoms with Gasteiger partial charge in [-0.15, -0.1) is 10.2 Å². The molecular weight excluding hydrogens is 264 g/mol. The lowest BCUT2D eigenvalue weighted by atomic mass is 10.2. The van der Waals surface area contributed by atoms with Gasteiger partial charge in [-0.3, -0.25) is 4.98 Å². The summed E-state index contributed by atoms with van der Waals surface area (Å²) in [4.78, 5) is 5.96. The maximum atomic E-state index is 4.41. The first-order valence-electron chi connectivity index (χ1n) is 6.77. The minimum atomic E-state index is 0.514. The molecule has 0 spiro atoms. The summed E-state index contributed by atoms with van der Waals surface area (Å²) in [7, 11) is 1.92. The van der Waals surface area contributed by atoms with Gasteiger partial charge in [0.2, 0.25) is 5.82 Å². The third kappa shape index (κ3) is 3.29. The number of pyridine rings is 1. The molecule has 6 nitrogen and oxygen atoms in total. The van der Waals surface area contributed by atoms with Crippen molar-refractivity contribution in [1.29, 1.82) is 0 Å². The van der Waals surface area contributed by atoms with Crippen molar-refractivity contribution in [2.24, 2.45) is 0 Å². The topological polar surface area (TPSA) is 68.5 Å². The summed E-state index contributed by atoms with van der Waals surface area (Å²) in [6.45, 7) is 1.33. The third-order valence-electron chi connectivity index (χ3n) is 3.06. The van der Waals surface area contributed by atoms with Crippen molar-refractivity contribution in [3.05, 3.63) is 59.9 Å². The van der Waals surface area contributed by atoms with E-state index < -0.39 is 0 Å². The van der Waals surface area contributed by atoms with Gasteiger partial charge in [-0.1, -0.05) is 36.4 Å². The number of nitrogens with zero attached hydrogens (tertiary/aromatic N) is 5. The van der Waals surface area contributed by atoms with Gasteiger partial charge in [0.05, 0.1) is 5.69 Å². The molecule has 6 heteroatoms. The Kier molecular flexibility index (Phi) is 3.97. The van der Waals surface area contributed by atoms with Crippen LogP contribution in [-0.4, -0.2) is 32.2 Å². The van der Waals surface area contributed by atoms with Crippen molar-refractivity contribution in [2.75, 3.05) is 7.05 Å². The summed E-state index contributed by atoms with van der Waals surface area (Å²) in [6.07, 6.45) is 1.86. The van der Waals surface area contributed by atoms with Crippen LogP contribution < -0.4 is 5.32 Å². The molecule has 0 fully saturated rings. The molecule has 106 valence electrons. The van der Waals surface area contributed by atoms with Gasteiger partial charge in [0.25, 0.3) is 0 Å². The molecule has 0 aliphatic carbocycles. The third-order valence-corrected chi connectivity index (χ3v) is 3.06. The highest BCUT2D eigenvalue weighted by Gasteiger charge is 2.06. The highest BCUT2D eigenvalue weighted by Crippen LogP contribution is 2.12. The summed E-state index contributed by atoms with van der Waals surface area (Å²) in [5.41, 5.74) is 3.02. The summed E-state index contributed by atoms with van der Waals surface area (Å²) in [5, 5.41) is 15.6. The minimum absolute atomic E-state index is 0.514. The Balaban J connectivity index is 1.72. The molecule has 21 heavy (non-hydrogen) atoms. The van der Waals surface area contributed by atoms with Crippen LogP contribution in [0.3, 0.4) is 0 Å². The molecule has 1 N–H and O–H groups in total. The SMILES string of the molecule is CNCc1ccc(Cn2nnc(-c3ccccc3)n2)nc1. The lowest BCUT2D eigenvalue weighted by Crippen LogP contribution is -2.08. The number of rotatable bonds is 5. The largest absolute Gasteiger partial charge is 0.316 e. The van der Waals surface area contributed by atoms with Gasteiger partial charge < -0.3 is 5.32 Å². The summed E-state index contributed by atoms with van der Waals surface area (Å²) in [5.74, 6) is 0.627. The van der Waals surface area contributed by atoms with E-state index in [0.29, 0.717) is 12.4 Å².